The van der Waals surface area contributed by atoms with Gasteiger partial charge in [0.05, 0.1) is 11.2 Å². The quantitative estimate of drug-likeness (QED) is 0.363. The summed E-state index contributed by atoms with van der Waals surface area (Å²) in [5, 5.41) is 12.3. The van der Waals surface area contributed by atoms with E-state index in [1.54, 1.807) is 48.5 Å². The third-order valence-electron chi connectivity index (χ3n) is 6.62. The van der Waals surface area contributed by atoms with Crippen LogP contribution in [0.3, 0.4) is 0 Å². The molecule has 0 bridgehead atoms. The van der Waals surface area contributed by atoms with Gasteiger partial charge in [-0.2, -0.15) is 10.2 Å². The molecule has 5 aromatic rings. The number of fused-ring (bicyclic) bond motifs is 1. The van der Waals surface area contributed by atoms with Gasteiger partial charge in [-0.25, -0.2) is 14.0 Å². The number of amides is 2. The van der Waals surface area contributed by atoms with Gasteiger partial charge in [0.15, 0.2) is 5.69 Å². The highest BCUT2D eigenvalue weighted by atomic mass is 16.2. The average Bonchev–Trinajstić information content (AvgIpc) is 3.38. The topological polar surface area (TPSA) is 130 Å². The van der Waals surface area contributed by atoms with Crippen molar-refractivity contribution in [1.82, 2.24) is 24.1 Å². The lowest BCUT2D eigenvalue weighted by Crippen LogP contribution is -2.21. The number of hydrogen-bond acceptors (Lipinski definition) is 5. The zero-order chi connectivity index (χ0) is 27.1. The fraction of sp³-hybridized carbons (Fsp3) is 0.179. The van der Waals surface area contributed by atoms with Crippen LogP contribution in [-0.2, 0) is 20.5 Å². The maximum Gasteiger partial charge on any atom is 0.350 e. The van der Waals surface area contributed by atoms with Gasteiger partial charge in [0, 0.05) is 30.7 Å². The Balaban J connectivity index is 1.57. The summed E-state index contributed by atoms with van der Waals surface area (Å²) in [5.74, 6) is -0.351. The first kappa shape index (κ1) is 24.7. The van der Waals surface area contributed by atoms with Crippen molar-refractivity contribution in [2.45, 2.75) is 20.3 Å². The molecule has 10 nitrogen and oxygen atoms in total. The van der Waals surface area contributed by atoms with Crippen molar-refractivity contribution in [1.29, 1.82) is 0 Å². The van der Waals surface area contributed by atoms with E-state index in [-0.39, 0.29) is 11.6 Å². The van der Waals surface area contributed by atoms with Crippen LogP contribution < -0.4 is 16.7 Å². The van der Waals surface area contributed by atoms with Crippen LogP contribution in [0.4, 0.5) is 5.69 Å². The van der Waals surface area contributed by atoms with E-state index in [2.05, 4.69) is 15.5 Å². The molecule has 10 heteroatoms. The van der Waals surface area contributed by atoms with Gasteiger partial charge in [-0.3, -0.25) is 14.3 Å². The molecule has 3 N–H and O–H groups in total. The number of benzene rings is 3. The number of carbonyl (C=O) groups is 2. The molecule has 2 heterocycles. The van der Waals surface area contributed by atoms with Crippen molar-refractivity contribution in [3.8, 4) is 16.8 Å². The Labute approximate surface area is 218 Å². The lowest BCUT2D eigenvalue weighted by molar-refractivity contribution is 0.0995. The van der Waals surface area contributed by atoms with Crippen LogP contribution in [0.5, 0.6) is 0 Å². The molecule has 2 aromatic heterocycles. The number of aromatic nitrogens is 5. The number of rotatable bonds is 6. The number of nitrogens with zero attached hydrogens (tertiary/aromatic N) is 5. The molecule has 192 valence electrons. The van der Waals surface area contributed by atoms with E-state index in [1.807, 2.05) is 43.3 Å². The molecule has 0 fully saturated rings. The van der Waals surface area contributed by atoms with Crippen molar-refractivity contribution in [3.05, 3.63) is 93.8 Å². The molecule has 0 atom stereocenters. The molecule has 0 aliphatic carbocycles. The van der Waals surface area contributed by atoms with Gasteiger partial charge in [0.25, 0.3) is 5.91 Å². The third kappa shape index (κ3) is 4.15. The maximum atomic E-state index is 13.4. The van der Waals surface area contributed by atoms with Gasteiger partial charge >= 0.3 is 5.69 Å². The van der Waals surface area contributed by atoms with Crippen LogP contribution in [0.25, 0.3) is 27.7 Å². The zero-order valence-corrected chi connectivity index (χ0v) is 21.5. The number of aryl methyl sites for hydroxylation is 4. The molecule has 0 aliphatic rings. The third-order valence-corrected chi connectivity index (χ3v) is 6.62. The van der Waals surface area contributed by atoms with Gasteiger partial charge in [-0.05, 0) is 66.4 Å². The van der Waals surface area contributed by atoms with Crippen molar-refractivity contribution >= 4 is 28.4 Å². The predicted molar refractivity (Wildman–Crippen MR) is 146 cm³/mol. The van der Waals surface area contributed by atoms with Gasteiger partial charge in [0.1, 0.15) is 5.82 Å². The second-order valence-corrected chi connectivity index (χ2v) is 9.05. The fourth-order valence-electron chi connectivity index (χ4n) is 4.84. The van der Waals surface area contributed by atoms with Gasteiger partial charge in [-0.15, -0.1) is 0 Å². The summed E-state index contributed by atoms with van der Waals surface area (Å²) in [4.78, 5) is 37.4. The Morgan fingerprint density at radius 3 is 2.34 bits per heavy atom. The number of hydrogen-bond donors (Lipinski definition) is 2. The van der Waals surface area contributed by atoms with E-state index in [0.29, 0.717) is 29.2 Å². The van der Waals surface area contributed by atoms with Gasteiger partial charge in [-0.1, -0.05) is 31.2 Å². The number of nitrogens with one attached hydrogen (secondary N) is 1. The monoisotopic (exact) mass is 509 g/mol. The maximum absolute atomic E-state index is 13.4. The minimum Gasteiger partial charge on any atom is -0.366 e. The van der Waals surface area contributed by atoms with Crippen LogP contribution >= 0.6 is 0 Å². The summed E-state index contributed by atoms with van der Waals surface area (Å²) in [6.45, 7) is 3.83. The van der Waals surface area contributed by atoms with Crippen molar-refractivity contribution in [3.63, 3.8) is 0 Å². The predicted octanol–water partition coefficient (Wildman–Crippen LogP) is 3.35. The Bertz CT molecular complexity index is 1780. The standard InChI is InChI=1S/C28H27N7O3/c1-5-21-22(17-9-11-20(12-10-17)35-16(2)31-34(4)28(35)38)13-14-23-24(21)25(32-33(23)3)27(37)30-19-8-6-7-18(15-19)26(29)36/h6-15H,5H2,1-4H3,(H2,29,36)(H,30,37). The van der Waals surface area contributed by atoms with E-state index in [1.165, 1.54) is 10.7 Å². The lowest BCUT2D eigenvalue weighted by atomic mass is 9.93. The summed E-state index contributed by atoms with van der Waals surface area (Å²) >= 11 is 0. The summed E-state index contributed by atoms with van der Waals surface area (Å²) in [5.41, 5.74) is 10.7. The van der Waals surface area contributed by atoms with E-state index >= 15 is 0 Å². The minimum absolute atomic E-state index is 0.210. The van der Waals surface area contributed by atoms with Crippen molar-refractivity contribution in [2.24, 2.45) is 19.8 Å². The molecule has 38 heavy (non-hydrogen) atoms. The zero-order valence-electron chi connectivity index (χ0n) is 21.5. The highest BCUT2D eigenvalue weighted by molar-refractivity contribution is 6.13. The molecule has 0 aliphatic heterocycles. The van der Waals surface area contributed by atoms with Crippen LogP contribution in [0, 0.1) is 6.92 Å². The largest absolute Gasteiger partial charge is 0.366 e. The Morgan fingerprint density at radius 1 is 0.974 bits per heavy atom. The highest BCUT2D eigenvalue weighted by Crippen LogP contribution is 2.33. The number of primary amides is 1. The van der Waals surface area contributed by atoms with E-state index in [0.717, 1.165) is 33.3 Å². The van der Waals surface area contributed by atoms with Crippen LogP contribution in [0.15, 0.2) is 65.5 Å². The summed E-state index contributed by atoms with van der Waals surface area (Å²) < 4.78 is 4.56. The normalized spacial score (nSPS) is 11.2. The molecular formula is C28H27N7O3. The number of nitrogens with two attached hydrogens (primary N) is 1. The Morgan fingerprint density at radius 2 is 1.71 bits per heavy atom. The van der Waals surface area contributed by atoms with Crippen LogP contribution in [-0.4, -0.2) is 35.9 Å². The van der Waals surface area contributed by atoms with Gasteiger partial charge in [0.2, 0.25) is 5.91 Å². The van der Waals surface area contributed by atoms with E-state index in [9.17, 15) is 14.4 Å². The number of carbonyl (C=O) groups excluding carboxylic acids is 2. The Hall–Kier alpha value is -4.99. The second-order valence-electron chi connectivity index (χ2n) is 9.05. The number of anilines is 1. The summed E-state index contributed by atoms with van der Waals surface area (Å²) in [6.07, 6.45) is 0.665. The molecule has 0 saturated heterocycles. The van der Waals surface area contributed by atoms with Gasteiger partial charge < -0.3 is 11.1 Å². The first-order valence-corrected chi connectivity index (χ1v) is 12.1. The molecule has 0 radical (unpaired) electrons. The second kappa shape index (κ2) is 9.47. The SMILES string of the molecule is CCc1c(-c2ccc(-n3c(C)nn(C)c3=O)cc2)ccc2c1c(C(=O)Nc1cccc(C(N)=O)c1)nn2C. The summed E-state index contributed by atoms with van der Waals surface area (Å²) in [6, 6.07) is 18.1. The Kier molecular flexibility index (Phi) is 6.15. The van der Waals surface area contributed by atoms with E-state index in [4.69, 9.17) is 5.73 Å². The smallest absolute Gasteiger partial charge is 0.350 e. The average molecular weight is 510 g/mol. The first-order chi connectivity index (χ1) is 18.2. The molecule has 2 amide bonds. The van der Waals surface area contributed by atoms with Crippen LogP contribution in [0.2, 0.25) is 0 Å². The van der Waals surface area contributed by atoms with Crippen molar-refractivity contribution < 1.29 is 9.59 Å². The molecule has 0 spiro atoms. The molecule has 0 unspecified atom stereocenters. The fourth-order valence-corrected chi connectivity index (χ4v) is 4.84. The highest BCUT2D eigenvalue weighted by Gasteiger charge is 2.21. The lowest BCUT2D eigenvalue weighted by Gasteiger charge is -2.12. The molecule has 3 aromatic carbocycles. The molecule has 5 rings (SSSR count). The summed E-state index contributed by atoms with van der Waals surface area (Å²) in [7, 11) is 3.42. The molecular weight excluding hydrogens is 482 g/mol. The minimum atomic E-state index is -0.572. The van der Waals surface area contributed by atoms with E-state index < -0.39 is 5.91 Å². The molecule has 0 saturated carbocycles. The van der Waals surface area contributed by atoms with Crippen molar-refractivity contribution in [2.75, 3.05) is 5.32 Å². The van der Waals surface area contributed by atoms with Crippen LogP contribution in [0.1, 0.15) is 39.2 Å². The first-order valence-electron chi connectivity index (χ1n) is 12.1.